The molecule has 0 spiro atoms. The first-order chi connectivity index (χ1) is 8.83. The van der Waals surface area contributed by atoms with E-state index in [0.29, 0.717) is 32.8 Å². The third-order valence-corrected chi connectivity index (χ3v) is 3.30. The van der Waals surface area contributed by atoms with Crippen LogP contribution in [0.2, 0.25) is 0 Å². The summed E-state index contributed by atoms with van der Waals surface area (Å²) < 4.78 is 5.22. The molecule has 0 aromatic rings. The predicted octanol–water partition coefficient (Wildman–Crippen LogP) is 1.11. The largest absolute Gasteiger partial charge is 0.378 e. The minimum atomic E-state index is -0.0449. The van der Waals surface area contributed by atoms with Crippen molar-refractivity contribution in [3.63, 3.8) is 0 Å². The number of carbonyl (C=O) groups is 2. The van der Waals surface area contributed by atoms with Crippen LogP contribution in [0.25, 0.3) is 0 Å². The van der Waals surface area contributed by atoms with E-state index in [9.17, 15) is 9.59 Å². The summed E-state index contributed by atoms with van der Waals surface area (Å²) in [7, 11) is 0. The first-order valence-electron chi connectivity index (χ1n) is 6.53. The normalized spacial score (nSPS) is 16.3. The number of ether oxygens (including phenoxy) is 1. The number of rotatable bonds is 4. The minimum Gasteiger partial charge on any atom is -0.378 e. The second-order valence-electron chi connectivity index (χ2n) is 5.94. The summed E-state index contributed by atoms with van der Waals surface area (Å²) >= 11 is 3.17. The van der Waals surface area contributed by atoms with E-state index in [1.54, 1.807) is 9.80 Å². The van der Waals surface area contributed by atoms with Gasteiger partial charge in [0.05, 0.1) is 25.1 Å². The molecule has 19 heavy (non-hydrogen) atoms. The second-order valence-corrected chi connectivity index (χ2v) is 6.50. The molecule has 1 heterocycles. The number of nitrogens with zero attached hydrogens (tertiary/aromatic N) is 2. The van der Waals surface area contributed by atoms with Gasteiger partial charge in [-0.15, -0.1) is 0 Å². The molecule has 0 saturated carbocycles. The van der Waals surface area contributed by atoms with E-state index in [0.717, 1.165) is 0 Å². The second kappa shape index (κ2) is 7.24. The Morgan fingerprint density at radius 3 is 2.32 bits per heavy atom. The first kappa shape index (κ1) is 16.4. The molecule has 1 aliphatic heterocycles. The van der Waals surface area contributed by atoms with Crippen LogP contribution in [-0.2, 0) is 14.3 Å². The smallest absolute Gasteiger partial charge is 0.242 e. The molecular formula is C13H23BrN2O3. The highest BCUT2D eigenvalue weighted by Gasteiger charge is 2.25. The summed E-state index contributed by atoms with van der Waals surface area (Å²) in [6.07, 6.45) is 0. The molecular weight excluding hydrogens is 312 g/mol. The van der Waals surface area contributed by atoms with Gasteiger partial charge in [-0.3, -0.25) is 9.59 Å². The number of hydrogen-bond donors (Lipinski definition) is 0. The van der Waals surface area contributed by atoms with Gasteiger partial charge in [-0.05, 0) is 5.41 Å². The number of morpholine rings is 1. The Hall–Kier alpha value is -0.620. The van der Waals surface area contributed by atoms with Gasteiger partial charge in [-0.2, -0.15) is 0 Å². The van der Waals surface area contributed by atoms with Crippen LogP contribution in [0.4, 0.5) is 0 Å². The number of amides is 2. The van der Waals surface area contributed by atoms with Gasteiger partial charge >= 0.3 is 0 Å². The Kier molecular flexibility index (Phi) is 6.26. The van der Waals surface area contributed by atoms with Crippen LogP contribution in [-0.4, -0.2) is 66.3 Å². The SMILES string of the molecule is CC(C)(C)CN(CC(=O)N1CCOCC1)C(=O)CBr. The molecule has 1 aliphatic rings. The van der Waals surface area contributed by atoms with Gasteiger partial charge in [0, 0.05) is 19.6 Å². The van der Waals surface area contributed by atoms with E-state index in [-0.39, 0.29) is 29.1 Å². The maximum Gasteiger partial charge on any atom is 0.242 e. The van der Waals surface area contributed by atoms with Crippen LogP contribution < -0.4 is 0 Å². The molecule has 1 saturated heterocycles. The van der Waals surface area contributed by atoms with Crippen molar-refractivity contribution in [2.45, 2.75) is 20.8 Å². The van der Waals surface area contributed by atoms with Crippen molar-refractivity contribution < 1.29 is 14.3 Å². The van der Waals surface area contributed by atoms with E-state index in [1.165, 1.54) is 0 Å². The van der Waals surface area contributed by atoms with E-state index in [2.05, 4.69) is 36.7 Å². The Bertz CT molecular complexity index is 322. The van der Waals surface area contributed by atoms with Gasteiger partial charge in [0.1, 0.15) is 0 Å². The number of hydrogen-bond acceptors (Lipinski definition) is 3. The monoisotopic (exact) mass is 334 g/mol. The molecule has 1 fully saturated rings. The predicted molar refractivity (Wildman–Crippen MR) is 77.2 cm³/mol. The molecule has 0 bridgehead atoms. The molecule has 110 valence electrons. The van der Waals surface area contributed by atoms with Crippen molar-refractivity contribution in [1.29, 1.82) is 0 Å². The van der Waals surface area contributed by atoms with Crippen LogP contribution in [0.3, 0.4) is 0 Å². The molecule has 0 unspecified atom stereocenters. The van der Waals surface area contributed by atoms with Gasteiger partial charge in [-0.1, -0.05) is 36.7 Å². The van der Waals surface area contributed by atoms with Crippen molar-refractivity contribution in [2.75, 3.05) is 44.7 Å². The van der Waals surface area contributed by atoms with Crippen molar-refractivity contribution in [3.05, 3.63) is 0 Å². The maximum absolute atomic E-state index is 12.2. The van der Waals surface area contributed by atoms with Crippen molar-refractivity contribution >= 4 is 27.7 Å². The van der Waals surface area contributed by atoms with Gasteiger partial charge in [0.25, 0.3) is 0 Å². The molecule has 6 heteroatoms. The Labute approximate surface area is 123 Å². The minimum absolute atomic E-state index is 0.00171. The summed E-state index contributed by atoms with van der Waals surface area (Å²) in [6.45, 7) is 9.29. The average Bonchev–Trinajstić information content (AvgIpc) is 2.36. The lowest BCUT2D eigenvalue weighted by Crippen LogP contribution is -2.49. The van der Waals surface area contributed by atoms with Crippen molar-refractivity contribution in [1.82, 2.24) is 9.80 Å². The third kappa shape index (κ3) is 5.91. The maximum atomic E-state index is 12.2. The standard InChI is InChI=1S/C13H23BrN2O3/c1-13(2,3)10-16(11(17)8-14)9-12(18)15-4-6-19-7-5-15/h4-10H2,1-3H3. The molecule has 0 aliphatic carbocycles. The fraction of sp³-hybridized carbons (Fsp3) is 0.846. The summed E-state index contributed by atoms with van der Waals surface area (Å²) in [5.41, 5.74) is -0.0247. The molecule has 5 nitrogen and oxygen atoms in total. The molecule has 0 radical (unpaired) electrons. The molecule has 0 atom stereocenters. The molecule has 2 amide bonds. The summed E-state index contributed by atoms with van der Waals surface area (Å²) in [6, 6.07) is 0. The fourth-order valence-corrected chi connectivity index (χ4v) is 2.32. The number of carbonyl (C=O) groups excluding carboxylic acids is 2. The zero-order valence-electron chi connectivity index (χ0n) is 11.9. The van der Waals surface area contributed by atoms with Gasteiger partial charge < -0.3 is 14.5 Å². The van der Waals surface area contributed by atoms with Gasteiger partial charge in [0.2, 0.25) is 11.8 Å². The zero-order chi connectivity index (χ0) is 14.5. The van der Waals surface area contributed by atoms with E-state index in [1.807, 2.05) is 0 Å². The molecule has 0 N–H and O–H groups in total. The lowest BCUT2D eigenvalue weighted by molar-refractivity contribution is -0.142. The van der Waals surface area contributed by atoms with E-state index >= 15 is 0 Å². The van der Waals surface area contributed by atoms with Gasteiger partial charge in [0.15, 0.2) is 0 Å². The summed E-state index contributed by atoms with van der Waals surface area (Å²) in [4.78, 5) is 27.5. The Morgan fingerprint density at radius 2 is 1.84 bits per heavy atom. The van der Waals surface area contributed by atoms with Gasteiger partial charge in [-0.25, -0.2) is 0 Å². The highest BCUT2D eigenvalue weighted by molar-refractivity contribution is 9.09. The zero-order valence-corrected chi connectivity index (χ0v) is 13.5. The van der Waals surface area contributed by atoms with E-state index < -0.39 is 0 Å². The van der Waals surface area contributed by atoms with Crippen molar-refractivity contribution in [3.8, 4) is 0 Å². The topological polar surface area (TPSA) is 49.9 Å². The van der Waals surface area contributed by atoms with E-state index in [4.69, 9.17) is 4.74 Å². The highest BCUT2D eigenvalue weighted by atomic mass is 79.9. The molecule has 0 aromatic heterocycles. The quantitative estimate of drug-likeness (QED) is 0.724. The van der Waals surface area contributed by atoms with Crippen LogP contribution in [0, 0.1) is 5.41 Å². The molecule has 1 rings (SSSR count). The Morgan fingerprint density at radius 1 is 1.26 bits per heavy atom. The lowest BCUT2D eigenvalue weighted by atomic mass is 9.96. The summed E-state index contributed by atoms with van der Waals surface area (Å²) in [5, 5.41) is 0.249. The highest BCUT2D eigenvalue weighted by Crippen LogP contribution is 2.16. The fourth-order valence-electron chi connectivity index (χ4n) is 1.97. The van der Waals surface area contributed by atoms with Crippen LogP contribution in [0.1, 0.15) is 20.8 Å². The third-order valence-electron chi connectivity index (χ3n) is 2.82. The van der Waals surface area contributed by atoms with Crippen LogP contribution in [0.5, 0.6) is 0 Å². The molecule has 0 aromatic carbocycles. The average molecular weight is 335 g/mol. The number of halogens is 1. The van der Waals surface area contributed by atoms with Crippen LogP contribution >= 0.6 is 15.9 Å². The summed E-state index contributed by atoms with van der Waals surface area (Å²) in [5.74, 6) is -0.0432. The number of alkyl halides is 1. The Balaban J connectivity index is 2.60. The lowest BCUT2D eigenvalue weighted by Gasteiger charge is -2.32. The first-order valence-corrected chi connectivity index (χ1v) is 7.65. The van der Waals surface area contributed by atoms with Crippen LogP contribution in [0.15, 0.2) is 0 Å². The van der Waals surface area contributed by atoms with Crippen molar-refractivity contribution in [2.24, 2.45) is 5.41 Å².